The minimum absolute atomic E-state index is 0.116. The number of hydrogen-bond donors (Lipinski definition) is 1. The van der Waals surface area contributed by atoms with Crippen LogP contribution in [-0.4, -0.2) is 31.3 Å². The van der Waals surface area contributed by atoms with Gasteiger partial charge in [0.1, 0.15) is 6.61 Å². The molecule has 32 heavy (non-hydrogen) atoms. The number of nitrogens with one attached hydrogen (secondary N) is 1. The fourth-order valence-electron chi connectivity index (χ4n) is 3.76. The van der Waals surface area contributed by atoms with Gasteiger partial charge >= 0.3 is 5.97 Å². The summed E-state index contributed by atoms with van der Waals surface area (Å²) in [7, 11) is 0. The van der Waals surface area contributed by atoms with Gasteiger partial charge in [0, 0.05) is 17.7 Å². The van der Waals surface area contributed by atoms with Crippen molar-refractivity contribution in [1.82, 2.24) is 0 Å². The van der Waals surface area contributed by atoms with Gasteiger partial charge in [-0.15, -0.1) is 0 Å². The summed E-state index contributed by atoms with van der Waals surface area (Å²) in [5, 5.41) is 6.88. The van der Waals surface area contributed by atoms with Crippen LogP contribution in [0.15, 0.2) is 47.6 Å². The second kappa shape index (κ2) is 12.0. The quantitative estimate of drug-likeness (QED) is 0.242. The van der Waals surface area contributed by atoms with Crippen LogP contribution in [0.3, 0.4) is 0 Å². The van der Waals surface area contributed by atoms with Crippen molar-refractivity contribution in [2.45, 2.75) is 52.4 Å². The number of amides is 1. The van der Waals surface area contributed by atoms with Crippen LogP contribution < -0.4 is 5.32 Å². The molecule has 6 nitrogen and oxygen atoms in total. The topological polar surface area (TPSA) is 77.0 Å². The Hall–Kier alpha value is -3.15. The maximum Gasteiger partial charge on any atom is 0.306 e. The third-order valence-electron chi connectivity index (χ3n) is 5.46. The molecule has 0 radical (unpaired) electrons. The molecule has 0 bridgehead atoms. The first-order chi connectivity index (χ1) is 15.6. The average Bonchev–Trinajstić information content (AvgIpc) is 2.80. The largest absolute Gasteiger partial charge is 0.466 e. The number of nitrogens with zero attached hydrogens (tertiary/aromatic N) is 1. The highest BCUT2D eigenvalue weighted by atomic mass is 16.6. The van der Waals surface area contributed by atoms with E-state index in [0.29, 0.717) is 25.2 Å². The van der Waals surface area contributed by atoms with Gasteiger partial charge in [0.2, 0.25) is 0 Å². The normalized spacial score (nSPS) is 15.2. The number of carbonyl (C=O) groups is 2. The zero-order valence-corrected chi connectivity index (χ0v) is 18.9. The summed E-state index contributed by atoms with van der Waals surface area (Å²) >= 11 is 0. The molecule has 170 valence electrons. The lowest BCUT2D eigenvalue weighted by Gasteiger charge is -2.24. The predicted molar refractivity (Wildman–Crippen MR) is 126 cm³/mol. The predicted octanol–water partition coefficient (Wildman–Crippen LogP) is 5.15. The molecular weight excluding hydrogens is 404 g/mol. The third kappa shape index (κ3) is 6.94. The fourth-order valence-corrected chi connectivity index (χ4v) is 3.76. The van der Waals surface area contributed by atoms with Crippen molar-refractivity contribution in [3.05, 3.63) is 64.7 Å². The van der Waals surface area contributed by atoms with Crippen molar-refractivity contribution in [3.8, 4) is 0 Å². The van der Waals surface area contributed by atoms with Crippen LogP contribution >= 0.6 is 0 Å². The first kappa shape index (κ1) is 23.5. The first-order valence-corrected chi connectivity index (χ1v) is 11.4. The molecule has 1 aliphatic carbocycles. The van der Waals surface area contributed by atoms with E-state index in [1.807, 2.05) is 38.1 Å². The molecule has 0 aromatic heterocycles. The van der Waals surface area contributed by atoms with Crippen molar-refractivity contribution in [2.75, 3.05) is 18.5 Å². The lowest BCUT2D eigenvalue weighted by atomic mass is 9.82. The molecule has 6 heteroatoms. The van der Waals surface area contributed by atoms with Crippen molar-refractivity contribution in [1.29, 1.82) is 0 Å². The first-order valence-electron chi connectivity index (χ1n) is 11.4. The van der Waals surface area contributed by atoms with E-state index >= 15 is 0 Å². The molecular formula is C26H32N2O4. The lowest BCUT2D eigenvalue weighted by molar-refractivity contribution is -0.144. The molecule has 0 aliphatic heterocycles. The minimum Gasteiger partial charge on any atom is -0.466 e. The molecule has 3 rings (SSSR count). The Morgan fingerprint density at radius 3 is 2.59 bits per heavy atom. The van der Waals surface area contributed by atoms with E-state index < -0.39 is 0 Å². The van der Waals surface area contributed by atoms with Crippen LogP contribution in [0.2, 0.25) is 0 Å². The summed E-state index contributed by atoms with van der Waals surface area (Å²) in [6.07, 6.45) is 6.59. The maximum absolute atomic E-state index is 12.7. The molecule has 1 N–H and O–H groups in total. The number of benzene rings is 2. The van der Waals surface area contributed by atoms with Crippen molar-refractivity contribution in [2.24, 2.45) is 11.1 Å². The molecule has 0 saturated carbocycles. The molecule has 0 saturated heterocycles. The number of carbonyl (C=O) groups excluding carboxylic acids is 2. The van der Waals surface area contributed by atoms with Crippen LogP contribution in [0.5, 0.6) is 0 Å². The van der Waals surface area contributed by atoms with E-state index in [4.69, 9.17) is 9.57 Å². The molecule has 0 spiro atoms. The third-order valence-corrected chi connectivity index (χ3v) is 5.46. The van der Waals surface area contributed by atoms with Crippen molar-refractivity contribution >= 4 is 23.8 Å². The Morgan fingerprint density at radius 1 is 1.06 bits per heavy atom. The SMILES string of the molecule is CCCO/N=C/c1ccc(C(=O)Nc2ccc3c(c2)CC(CC(=O)OCCC)CC3)cc1. The smallest absolute Gasteiger partial charge is 0.306 e. The van der Waals surface area contributed by atoms with E-state index in [0.717, 1.165) is 43.4 Å². The summed E-state index contributed by atoms with van der Waals surface area (Å²) in [6.45, 7) is 5.08. The Morgan fingerprint density at radius 2 is 1.84 bits per heavy atom. The summed E-state index contributed by atoms with van der Waals surface area (Å²) in [4.78, 5) is 29.7. The monoisotopic (exact) mass is 436 g/mol. The highest BCUT2D eigenvalue weighted by Gasteiger charge is 2.22. The average molecular weight is 437 g/mol. The lowest BCUT2D eigenvalue weighted by Crippen LogP contribution is -2.20. The van der Waals surface area contributed by atoms with Gasteiger partial charge in [-0.3, -0.25) is 9.59 Å². The molecule has 0 heterocycles. The van der Waals surface area contributed by atoms with Crippen LogP contribution in [0, 0.1) is 5.92 Å². The summed E-state index contributed by atoms with van der Waals surface area (Å²) in [6, 6.07) is 13.3. The van der Waals surface area contributed by atoms with Crippen LogP contribution in [0.1, 0.15) is 66.6 Å². The summed E-state index contributed by atoms with van der Waals surface area (Å²) in [5.74, 6) is 0.00896. The molecule has 2 aromatic rings. The Bertz CT molecular complexity index is 937. The molecule has 1 amide bonds. The van der Waals surface area contributed by atoms with E-state index in [1.54, 1.807) is 18.3 Å². The number of anilines is 1. The number of rotatable bonds is 10. The second-order valence-electron chi connectivity index (χ2n) is 8.16. The summed E-state index contributed by atoms with van der Waals surface area (Å²) < 4.78 is 5.24. The van der Waals surface area contributed by atoms with Gasteiger partial charge in [-0.1, -0.05) is 37.2 Å². The van der Waals surface area contributed by atoms with Gasteiger partial charge in [0.05, 0.1) is 12.8 Å². The van der Waals surface area contributed by atoms with Gasteiger partial charge < -0.3 is 14.9 Å². The zero-order valence-electron chi connectivity index (χ0n) is 18.9. The Labute approximate surface area is 190 Å². The number of aryl methyl sites for hydroxylation is 1. The molecule has 1 aliphatic rings. The zero-order chi connectivity index (χ0) is 22.8. The number of oxime groups is 1. The maximum atomic E-state index is 12.7. The Kier molecular flexibility index (Phi) is 8.84. The van der Waals surface area contributed by atoms with Gasteiger partial charge in [-0.2, -0.15) is 0 Å². The highest BCUT2D eigenvalue weighted by molar-refractivity contribution is 6.04. The number of ether oxygens (including phenoxy) is 1. The van der Waals surface area contributed by atoms with E-state index in [-0.39, 0.29) is 17.8 Å². The Balaban J connectivity index is 1.58. The van der Waals surface area contributed by atoms with Gasteiger partial charge in [-0.25, -0.2) is 0 Å². The van der Waals surface area contributed by atoms with Gasteiger partial charge in [0.15, 0.2) is 0 Å². The van der Waals surface area contributed by atoms with E-state index in [2.05, 4.69) is 16.5 Å². The van der Waals surface area contributed by atoms with Crippen molar-refractivity contribution < 1.29 is 19.2 Å². The van der Waals surface area contributed by atoms with Gasteiger partial charge in [-0.05, 0) is 79.0 Å². The summed E-state index contributed by atoms with van der Waals surface area (Å²) in [5.41, 5.74) is 4.69. The molecule has 1 atom stereocenters. The van der Waals surface area contributed by atoms with E-state index in [1.165, 1.54) is 11.1 Å². The molecule has 2 aromatic carbocycles. The second-order valence-corrected chi connectivity index (χ2v) is 8.16. The number of hydrogen-bond acceptors (Lipinski definition) is 5. The van der Waals surface area contributed by atoms with Crippen molar-refractivity contribution in [3.63, 3.8) is 0 Å². The van der Waals surface area contributed by atoms with Crippen LogP contribution in [0.25, 0.3) is 0 Å². The van der Waals surface area contributed by atoms with E-state index in [9.17, 15) is 9.59 Å². The highest BCUT2D eigenvalue weighted by Crippen LogP contribution is 2.30. The van der Waals surface area contributed by atoms with Gasteiger partial charge in [0.25, 0.3) is 5.91 Å². The van der Waals surface area contributed by atoms with Crippen LogP contribution in [-0.2, 0) is 27.2 Å². The number of esters is 1. The fraction of sp³-hybridized carbons (Fsp3) is 0.423. The number of fused-ring (bicyclic) bond motifs is 1. The standard InChI is InChI=1S/C26H32N2O4/c1-3-13-31-25(29)16-20-7-8-21-11-12-24(17-23(21)15-20)28-26(30)22-9-5-19(6-10-22)18-27-32-14-4-2/h5-6,9-12,17-18,20H,3-4,7-8,13-16H2,1-2H3,(H,28,30)/b27-18+. The molecule has 1 unspecified atom stereocenters. The van der Waals surface area contributed by atoms with Crippen LogP contribution in [0.4, 0.5) is 5.69 Å². The minimum atomic E-state index is -0.161. The molecule has 0 fully saturated rings.